The van der Waals surface area contributed by atoms with Crippen LogP contribution in [0.25, 0.3) is 6.08 Å². The number of carbonyl (C=O) groups excluding carboxylic acids is 1. The van der Waals surface area contributed by atoms with E-state index in [1.807, 2.05) is 38.1 Å². The van der Waals surface area contributed by atoms with Crippen LogP contribution in [0, 0.1) is 0 Å². The molecule has 45 heavy (non-hydrogen) atoms. The Bertz CT molecular complexity index is 1700. The Morgan fingerprint density at radius 3 is 2.02 bits per heavy atom. The highest BCUT2D eigenvalue weighted by Crippen LogP contribution is 2.50. The predicted octanol–water partition coefficient (Wildman–Crippen LogP) is 8.25. The van der Waals surface area contributed by atoms with E-state index in [9.17, 15) is 4.79 Å². The van der Waals surface area contributed by atoms with E-state index >= 15 is 0 Å². The molecule has 0 aliphatic carbocycles. The van der Waals surface area contributed by atoms with Gasteiger partial charge in [0.1, 0.15) is 0 Å². The van der Waals surface area contributed by atoms with Gasteiger partial charge in [0.25, 0.3) is 5.91 Å². The number of nitrogens with one attached hydrogen (secondary N) is 1. The molecule has 2 atom stereocenters. The molecule has 3 heterocycles. The van der Waals surface area contributed by atoms with Crippen molar-refractivity contribution in [3.05, 3.63) is 124 Å². The average Bonchev–Trinajstić information content (AvgIpc) is 3.41. The third kappa shape index (κ3) is 5.97. The second-order valence-electron chi connectivity index (χ2n) is 11.5. The molecule has 7 heteroatoms. The Balaban J connectivity index is 1.26. The fraction of sp³-hybridized carbons (Fsp3) is 0.263. The molecule has 3 aliphatic heterocycles. The maximum absolute atomic E-state index is 13.1. The molecule has 4 aromatic rings. The van der Waals surface area contributed by atoms with Crippen molar-refractivity contribution in [2.24, 2.45) is 4.99 Å². The van der Waals surface area contributed by atoms with Gasteiger partial charge in [0.15, 0.2) is 16.7 Å². The van der Waals surface area contributed by atoms with Crippen LogP contribution in [-0.2, 0) is 4.79 Å². The summed E-state index contributed by atoms with van der Waals surface area (Å²) in [7, 11) is 0. The van der Waals surface area contributed by atoms with Crippen LogP contribution in [-0.4, -0.2) is 37.4 Å². The van der Waals surface area contributed by atoms with Crippen molar-refractivity contribution in [3.63, 3.8) is 0 Å². The molecule has 228 valence electrons. The van der Waals surface area contributed by atoms with Gasteiger partial charge in [-0.1, -0.05) is 66.7 Å². The number of aliphatic imine (C=N–C) groups is 1. The molecule has 0 aromatic heterocycles. The summed E-state index contributed by atoms with van der Waals surface area (Å²) in [6.45, 7) is 7.07. The molecule has 6 nitrogen and oxygen atoms in total. The zero-order chi connectivity index (χ0) is 30.8. The molecule has 0 unspecified atom stereocenters. The van der Waals surface area contributed by atoms with Crippen LogP contribution in [0.1, 0.15) is 66.3 Å². The molecule has 1 N–H and O–H groups in total. The lowest BCUT2D eigenvalue weighted by molar-refractivity contribution is -0.115. The number of thioether (sulfide) groups is 1. The first-order chi connectivity index (χ1) is 22.1. The molecule has 3 aliphatic rings. The molecule has 0 spiro atoms. The monoisotopic (exact) mass is 615 g/mol. The van der Waals surface area contributed by atoms with E-state index in [-0.39, 0.29) is 5.91 Å². The maximum atomic E-state index is 13.1. The summed E-state index contributed by atoms with van der Waals surface area (Å²) in [6, 6.07) is 31.9. The highest BCUT2D eigenvalue weighted by Gasteiger charge is 2.35. The van der Waals surface area contributed by atoms with Gasteiger partial charge in [-0.2, -0.15) is 0 Å². The molecular weight excluding hydrogens is 579 g/mol. The van der Waals surface area contributed by atoms with Crippen molar-refractivity contribution in [3.8, 4) is 11.5 Å². The van der Waals surface area contributed by atoms with Crippen molar-refractivity contribution >= 4 is 40.3 Å². The number of amides is 1. The lowest BCUT2D eigenvalue weighted by Gasteiger charge is -2.43. The molecular formula is C38H37N3O3S. The Hall–Kier alpha value is -4.49. The first-order valence-corrected chi connectivity index (χ1v) is 16.6. The molecule has 1 fully saturated rings. The van der Waals surface area contributed by atoms with E-state index < -0.39 is 0 Å². The summed E-state index contributed by atoms with van der Waals surface area (Å²) in [5, 5.41) is 3.60. The minimum atomic E-state index is -0.152. The predicted molar refractivity (Wildman–Crippen MR) is 184 cm³/mol. The normalized spacial score (nSPS) is 20.7. The summed E-state index contributed by atoms with van der Waals surface area (Å²) in [6.07, 6.45) is 4.01. The van der Waals surface area contributed by atoms with Crippen molar-refractivity contribution in [2.45, 2.75) is 38.5 Å². The average molecular weight is 616 g/mol. The van der Waals surface area contributed by atoms with E-state index in [4.69, 9.17) is 14.5 Å². The smallest absolute Gasteiger partial charge is 0.264 e. The van der Waals surface area contributed by atoms with E-state index in [0.717, 1.165) is 37.2 Å². The zero-order valence-electron chi connectivity index (χ0n) is 25.7. The van der Waals surface area contributed by atoms with Gasteiger partial charge in [-0.3, -0.25) is 4.79 Å². The quantitative estimate of drug-likeness (QED) is 0.202. The van der Waals surface area contributed by atoms with E-state index in [2.05, 4.69) is 83.0 Å². The highest BCUT2D eigenvalue weighted by atomic mass is 32.2. The van der Waals surface area contributed by atoms with Gasteiger partial charge in [-0.05, 0) is 96.6 Å². The maximum Gasteiger partial charge on any atom is 0.264 e. The minimum absolute atomic E-state index is 0.152. The van der Waals surface area contributed by atoms with Crippen molar-refractivity contribution in [1.82, 2.24) is 5.32 Å². The number of benzene rings is 4. The fourth-order valence-corrected chi connectivity index (χ4v) is 7.65. The zero-order valence-corrected chi connectivity index (χ0v) is 26.5. The van der Waals surface area contributed by atoms with Crippen LogP contribution in [0.4, 0.5) is 11.4 Å². The van der Waals surface area contributed by atoms with Crippen molar-refractivity contribution in [2.75, 3.05) is 31.2 Å². The fourth-order valence-electron chi connectivity index (χ4n) is 6.81. The Morgan fingerprint density at radius 1 is 0.822 bits per heavy atom. The van der Waals surface area contributed by atoms with Crippen LogP contribution in [0.2, 0.25) is 0 Å². The molecule has 7 rings (SSSR count). The molecule has 0 saturated carbocycles. The third-order valence-electron chi connectivity index (χ3n) is 8.75. The molecule has 1 saturated heterocycles. The summed E-state index contributed by atoms with van der Waals surface area (Å²) < 4.78 is 11.5. The highest BCUT2D eigenvalue weighted by molar-refractivity contribution is 8.18. The van der Waals surface area contributed by atoms with Crippen LogP contribution in [0.15, 0.2) is 101 Å². The number of nitrogens with zero attached hydrogens (tertiary/aromatic N) is 2. The van der Waals surface area contributed by atoms with Gasteiger partial charge >= 0.3 is 0 Å². The SMILES string of the molecule is CCOc1ccc(/C=C2\SC(=Nc3cc4c5c(c3)[C@@H](c3ccccc3)CCN5CC[C@@H]4c3ccccc3)NC2=O)cc1OCC. The third-order valence-corrected chi connectivity index (χ3v) is 9.66. The van der Waals surface area contributed by atoms with Crippen LogP contribution in [0.5, 0.6) is 11.5 Å². The lowest BCUT2D eigenvalue weighted by atomic mass is 9.76. The molecule has 0 radical (unpaired) electrons. The Morgan fingerprint density at radius 2 is 1.42 bits per heavy atom. The number of hydrogen-bond acceptors (Lipinski definition) is 6. The first kappa shape index (κ1) is 29.2. The van der Waals surface area contributed by atoms with Crippen LogP contribution < -0.4 is 19.7 Å². The van der Waals surface area contributed by atoms with E-state index in [1.54, 1.807) is 0 Å². The second kappa shape index (κ2) is 12.9. The number of anilines is 1. The van der Waals surface area contributed by atoms with Crippen LogP contribution >= 0.6 is 11.8 Å². The summed E-state index contributed by atoms with van der Waals surface area (Å²) in [5.41, 5.74) is 8.43. The van der Waals surface area contributed by atoms with Gasteiger partial charge < -0.3 is 19.7 Å². The number of amidine groups is 1. The minimum Gasteiger partial charge on any atom is -0.490 e. The largest absolute Gasteiger partial charge is 0.490 e. The number of hydrogen-bond donors (Lipinski definition) is 1. The van der Waals surface area contributed by atoms with Gasteiger partial charge in [-0.25, -0.2) is 4.99 Å². The second-order valence-corrected chi connectivity index (χ2v) is 12.5. The number of ether oxygens (including phenoxy) is 2. The number of rotatable bonds is 8. The molecule has 1 amide bonds. The standard InChI is InChI=1S/C38H37N3O3S/c1-3-43-33-16-15-25(21-34(33)44-4-2)22-35-37(42)40-38(45-35)39-28-23-31-29(26-11-7-5-8-12-26)17-19-41-20-18-30(32(24-28)36(31)41)27-13-9-6-10-14-27/h5-16,21-24,29-30H,3-4,17-20H2,1-2H3,(H,39,40,42)/b35-22-/t29-,30-/m1/s1. The van der Waals surface area contributed by atoms with Crippen LogP contribution in [0.3, 0.4) is 0 Å². The van der Waals surface area contributed by atoms with E-state index in [1.165, 1.54) is 39.7 Å². The lowest BCUT2D eigenvalue weighted by Crippen LogP contribution is -2.37. The Kier molecular flexibility index (Phi) is 8.35. The Labute approximate surface area is 269 Å². The topological polar surface area (TPSA) is 63.2 Å². The van der Waals surface area contributed by atoms with Crippen molar-refractivity contribution in [1.29, 1.82) is 0 Å². The van der Waals surface area contributed by atoms with E-state index in [0.29, 0.717) is 46.6 Å². The van der Waals surface area contributed by atoms with Gasteiger partial charge in [0.2, 0.25) is 0 Å². The van der Waals surface area contributed by atoms with Gasteiger partial charge in [0.05, 0.1) is 23.8 Å². The van der Waals surface area contributed by atoms with Crippen molar-refractivity contribution < 1.29 is 14.3 Å². The summed E-state index contributed by atoms with van der Waals surface area (Å²) >= 11 is 1.37. The first-order valence-electron chi connectivity index (χ1n) is 15.8. The molecule has 4 aromatic carbocycles. The van der Waals surface area contributed by atoms with Gasteiger partial charge in [-0.15, -0.1) is 0 Å². The summed E-state index contributed by atoms with van der Waals surface area (Å²) in [5.74, 6) is 1.81. The summed E-state index contributed by atoms with van der Waals surface area (Å²) in [4.78, 5) is 21.3. The van der Waals surface area contributed by atoms with Gasteiger partial charge in [0, 0.05) is 30.6 Å². The molecule has 0 bridgehead atoms. The number of carbonyl (C=O) groups is 1.